The average Bonchev–Trinajstić information content (AvgIpc) is 2.37. The van der Waals surface area contributed by atoms with Crippen LogP contribution in [0.25, 0.3) is 0 Å². The van der Waals surface area contributed by atoms with E-state index in [-0.39, 0.29) is 10.5 Å². The number of nitrogens with one attached hydrogen (secondary N) is 1. The summed E-state index contributed by atoms with van der Waals surface area (Å²) in [5.74, 6) is 0. The summed E-state index contributed by atoms with van der Waals surface area (Å²) in [6.45, 7) is 3.79. The average molecular weight is 175 g/mol. The van der Waals surface area contributed by atoms with Crippen LogP contribution >= 0.6 is 0 Å². The molecule has 1 fully saturated rings. The van der Waals surface area contributed by atoms with Crippen LogP contribution in [0.3, 0.4) is 0 Å². The van der Waals surface area contributed by atoms with Gasteiger partial charge in [-0.05, 0) is 12.8 Å². The number of rotatable bonds is 2. The van der Waals surface area contributed by atoms with Crippen LogP contribution in [-0.2, 0) is 9.73 Å². The quantitative estimate of drug-likeness (QED) is 0.687. The van der Waals surface area contributed by atoms with Gasteiger partial charge in [0.15, 0.2) is 0 Å². The lowest BCUT2D eigenvalue weighted by molar-refractivity contribution is 0.651. The Balaban J connectivity index is 2.72. The summed E-state index contributed by atoms with van der Waals surface area (Å²) in [4.78, 5) is 0. The van der Waals surface area contributed by atoms with Gasteiger partial charge in [-0.1, -0.05) is 26.7 Å². The highest BCUT2D eigenvalue weighted by atomic mass is 32.2. The lowest BCUT2D eigenvalue weighted by atomic mass is 10.4. The van der Waals surface area contributed by atoms with Crippen molar-refractivity contribution in [2.45, 2.75) is 50.0 Å². The smallest absolute Gasteiger partial charge is 0.0494 e. The first-order valence-corrected chi connectivity index (χ1v) is 6.00. The fourth-order valence-electron chi connectivity index (χ4n) is 1.62. The highest BCUT2D eigenvalue weighted by molar-refractivity contribution is 7.93. The Morgan fingerprint density at radius 3 is 2.18 bits per heavy atom. The minimum absolute atomic E-state index is 0.0330. The van der Waals surface area contributed by atoms with Gasteiger partial charge >= 0.3 is 0 Å². The van der Waals surface area contributed by atoms with Gasteiger partial charge in [-0.25, -0.2) is 4.21 Å². The zero-order valence-corrected chi connectivity index (χ0v) is 8.12. The van der Waals surface area contributed by atoms with Crippen LogP contribution in [0.1, 0.15) is 39.5 Å². The van der Waals surface area contributed by atoms with Gasteiger partial charge in [-0.2, -0.15) is 0 Å². The van der Waals surface area contributed by atoms with E-state index in [1.54, 1.807) is 0 Å². The minimum Gasteiger partial charge on any atom is -0.252 e. The predicted octanol–water partition coefficient (Wildman–Crippen LogP) is 2.38. The van der Waals surface area contributed by atoms with E-state index < -0.39 is 9.73 Å². The Morgan fingerprint density at radius 2 is 1.82 bits per heavy atom. The molecule has 0 aromatic carbocycles. The van der Waals surface area contributed by atoms with Crippen LogP contribution in [0.2, 0.25) is 0 Å². The molecule has 0 spiro atoms. The third-order valence-corrected chi connectivity index (χ3v) is 5.36. The Bertz CT molecular complexity index is 212. The Hall–Kier alpha value is -0.0500. The molecule has 0 aromatic rings. The number of hydrogen-bond acceptors (Lipinski definition) is 2. The van der Waals surface area contributed by atoms with E-state index in [0.29, 0.717) is 0 Å². The van der Waals surface area contributed by atoms with Crippen molar-refractivity contribution in [2.24, 2.45) is 0 Å². The van der Waals surface area contributed by atoms with Crippen molar-refractivity contribution in [1.82, 2.24) is 0 Å². The summed E-state index contributed by atoms with van der Waals surface area (Å²) in [6, 6.07) is 0. The molecular weight excluding hydrogens is 158 g/mol. The zero-order chi connectivity index (χ0) is 8.48. The topological polar surface area (TPSA) is 40.9 Å². The molecule has 1 rings (SSSR count). The molecule has 1 atom stereocenters. The zero-order valence-electron chi connectivity index (χ0n) is 7.30. The first-order valence-electron chi connectivity index (χ1n) is 4.31. The molecule has 1 saturated carbocycles. The van der Waals surface area contributed by atoms with Gasteiger partial charge in [0.1, 0.15) is 0 Å². The van der Waals surface area contributed by atoms with Crippen LogP contribution in [-0.4, -0.2) is 14.7 Å². The summed E-state index contributed by atoms with van der Waals surface area (Å²) in [6.07, 6.45) is 4.38. The molecule has 1 aliphatic rings. The molecule has 2 nitrogen and oxygen atoms in total. The first-order chi connectivity index (χ1) is 5.05. The molecule has 0 aromatic heterocycles. The standard InChI is InChI=1S/C8H17NOS/c1-7(2)11(9,10)8-5-3-4-6-8/h7-9H,3-6H2,1-2H3/t11-/m1/s1. The highest BCUT2D eigenvalue weighted by Crippen LogP contribution is 2.27. The Kier molecular flexibility index (Phi) is 2.58. The van der Waals surface area contributed by atoms with Gasteiger partial charge in [0, 0.05) is 20.2 Å². The number of hydrogen-bond donors (Lipinski definition) is 1. The van der Waals surface area contributed by atoms with Gasteiger partial charge in [0.05, 0.1) is 0 Å². The van der Waals surface area contributed by atoms with E-state index in [2.05, 4.69) is 0 Å². The summed E-state index contributed by atoms with van der Waals surface area (Å²) in [5.41, 5.74) is 0. The maximum atomic E-state index is 11.8. The van der Waals surface area contributed by atoms with E-state index in [0.717, 1.165) is 12.8 Å². The summed E-state index contributed by atoms with van der Waals surface area (Å²) in [5, 5.41) is 0.230. The molecule has 0 unspecified atom stereocenters. The van der Waals surface area contributed by atoms with Crippen LogP contribution in [0.5, 0.6) is 0 Å². The highest BCUT2D eigenvalue weighted by Gasteiger charge is 2.27. The van der Waals surface area contributed by atoms with Crippen LogP contribution in [0.15, 0.2) is 0 Å². The monoisotopic (exact) mass is 175 g/mol. The van der Waals surface area contributed by atoms with Crippen molar-refractivity contribution in [3.05, 3.63) is 0 Å². The molecular formula is C8H17NOS. The molecule has 66 valence electrons. The van der Waals surface area contributed by atoms with Crippen molar-refractivity contribution in [2.75, 3.05) is 0 Å². The summed E-state index contributed by atoms with van der Waals surface area (Å²) < 4.78 is 19.5. The van der Waals surface area contributed by atoms with Crippen molar-refractivity contribution in [3.63, 3.8) is 0 Å². The van der Waals surface area contributed by atoms with Crippen LogP contribution in [0, 0.1) is 4.78 Å². The molecule has 0 amide bonds. The fourth-order valence-corrected chi connectivity index (χ4v) is 3.43. The largest absolute Gasteiger partial charge is 0.252 e. The van der Waals surface area contributed by atoms with E-state index >= 15 is 0 Å². The molecule has 0 radical (unpaired) electrons. The first kappa shape index (κ1) is 9.04. The van der Waals surface area contributed by atoms with Gasteiger partial charge in [0.25, 0.3) is 0 Å². The van der Waals surface area contributed by atoms with Crippen molar-refractivity contribution in [1.29, 1.82) is 4.78 Å². The minimum atomic E-state index is -2.28. The van der Waals surface area contributed by atoms with Gasteiger partial charge in [0.2, 0.25) is 0 Å². The van der Waals surface area contributed by atoms with Crippen molar-refractivity contribution < 1.29 is 4.21 Å². The Labute approximate surface area is 69.4 Å². The summed E-state index contributed by atoms with van der Waals surface area (Å²) in [7, 11) is -2.28. The van der Waals surface area contributed by atoms with Crippen LogP contribution in [0.4, 0.5) is 0 Å². The lowest BCUT2D eigenvalue weighted by Gasteiger charge is -2.17. The second-order valence-corrected chi connectivity index (χ2v) is 6.51. The SMILES string of the molecule is CC(C)[S@@](=N)(=O)C1CCCC1. The molecule has 0 aliphatic heterocycles. The third-order valence-electron chi connectivity index (χ3n) is 2.50. The van der Waals surface area contributed by atoms with E-state index in [9.17, 15) is 4.21 Å². The fraction of sp³-hybridized carbons (Fsp3) is 1.00. The molecule has 1 aliphatic carbocycles. The van der Waals surface area contributed by atoms with E-state index in [1.807, 2.05) is 13.8 Å². The van der Waals surface area contributed by atoms with Crippen LogP contribution < -0.4 is 0 Å². The molecule has 11 heavy (non-hydrogen) atoms. The maximum Gasteiger partial charge on any atom is 0.0494 e. The van der Waals surface area contributed by atoms with E-state index in [1.165, 1.54) is 12.8 Å². The molecule has 0 saturated heterocycles. The predicted molar refractivity (Wildman–Crippen MR) is 48.3 cm³/mol. The summed E-state index contributed by atoms with van der Waals surface area (Å²) >= 11 is 0. The Morgan fingerprint density at radius 1 is 1.36 bits per heavy atom. The second kappa shape index (κ2) is 3.13. The molecule has 0 bridgehead atoms. The second-order valence-electron chi connectivity index (χ2n) is 3.60. The van der Waals surface area contributed by atoms with Crippen molar-refractivity contribution >= 4 is 9.73 Å². The molecule has 0 heterocycles. The normalized spacial score (nSPS) is 25.7. The van der Waals surface area contributed by atoms with Gasteiger partial charge in [-0.15, -0.1) is 0 Å². The molecule has 1 N–H and O–H groups in total. The lowest BCUT2D eigenvalue weighted by Crippen LogP contribution is -2.24. The molecule has 3 heteroatoms. The van der Waals surface area contributed by atoms with Gasteiger partial charge < -0.3 is 0 Å². The van der Waals surface area contributed by atoms with E-state index in [4.69, 9.17) is 4.78 Å². The van der Waals surface area contributed by atoms with Gasteiger partial charge in [-0.3, -0.25) is 4.78 Å². The van der Waals surface area contributed by atoms with Crippen molar-refractivity contribution in [3.8, 4) is 0 Å². The maximum absolute atomic E-state index is 11.8. The third kappa shape index (κ3) is 1.75.